The second kappa shape index (κ2) is 5.87. The molecule has 0 aromatic rings. The minimum absolute atomic E-state index is 0.431. The zero-order valence-electron chi connectivity index (χ0n) is 10.4. The van der Waals surface area contributed by atoms with Gasteiger partial charge in [-0.3, -0.25) is 0 Å². The summed E-state index contributed by atoms with van der Waals surface area (Å²) in [4.78, 5) is 30.3. The van der Waals surface area contributed by atoms with Crippen molar-refractivity contribution in [2.45, 2.75) is 19.3 Å². The molecule has 1 saturated heterocycles. The first kappa shape index (κ1) is 15.2. The van der Waals surface area contributed by atoms with Gasteiger partial charge in [0.05, 0.1) is 0 Å². The second-order valence-electron chi connectivity index (χ2n) is 4.88. The van der Waals surface area contributed by atoms with Crippen molar-refractivity contribution in [1.82, 2.24) is 4.90 Å². The number of piperidine rings is 1. The lowest BCUT2D eigenvalue weighted by atomic mass is 9.91. The quantitative estimate of drug-likeness (QED) is 0.488. The van der Waals surface area contributed by atoms with Crippen molar-refractivity contribution in [3.05, 3.63) is 0 Å². The summed E-state index contributed by atoms with van der Waals surface area (Å²) in [7, 11) is 0. The SMILES string of the molecule is NCC1CC12CCN(C(=O)O)CC2.O=C(O)C(=O)O. The minimum Gasteiger partial charge on any atom is -0.473 e. The molecule has 0 aromatic carbocycles. The molecule has 8 heteroatoms. The lowest BCUT2D eigenvalue weighted by Crippen LogP contribution is -2.39. The fourth-order valence-corrected chi connectivity index (χ4v) is 2.52. The number of amides is 1. The lowest BCUT2D eigenvalue weighted by Gasteiger charge is -2.30. The average Bonchev–Trinajstić information content (AvgIpc) is 3.03. The summed E-state index contributed by atoms with van der Waals surface area (Å²) < 4.78 is 0. The summed E-state index contributed by atoms with van der Waals surface area (Å²) in [6.07, 6.45) is 2.47. The van der Waals surface area contributed by atoms with Crippen molar-refractivity contribution in [1.29, 1.82) is 0 Å². The van der Waals surface area contributed by atoms with Crippen molar-refractivity contribution in [3.63, 3.8) is 0 Å². The molecule has 1 aliphatic carbocycles. The molecule has 2 fully saturated rings. The van der Waals surface area contributed by atoms with Gasteiger partial charge < -0.3 is 26.0 Å². The summed E-state index contributed by atoms with van der Waals surface area (Å²) in [5.41, 5.74) is 6.04. The Bertz CT molecular complexity index is 363. The smallest absolute Gasteiger partial charge is 0.414 e. The predicted molar refractivity (Wildman–Crippen MR) is 63.7 cm³/mol. The highest BCUT2D eigenvalue weighted by molar-refractivity contribution is 6.27. The van der Waals surface area contributed by atoms with E-state index in [0.717, 1.165) is 19.4 Å². The molecule has 1 aliphatic heterocycles. The average molecular weight is 274 g/mol. The molecule has 108 valence electrons. The summed E-state index contributed by atoms with van der Waals surface area (Å²) in [6.45, 7) is 2.17. The Balaban J connectivity index is 0.000000258. The van der Waals surface area contributed by atoms with E-state index in [0.29, 0.717) is 24.4 Å². The van der Waals surface area contributed by atoms with Crippen molar-refractivity contribution in [3.8, 4) is 0 Å². The van der Waals surface area contributed by atoms with Crippen LogP contribution in [-0.4, -0.2) is 57.9 Å². The van der Waals surface area contributed by atoms with Crippen molar-refractivity contribution in [2.75, 3.05) is 19.6 Å². The van der Waals surface area contributed by atoms with E-state index >= 15 is 0 Å². The van der Waals surface area contributed by atoms with Crippen LogP contribution >= 0.6 is 0 Å². The van der Waals surface area contributed by atoms with Gasteiger partial charge in [-0.2, -0.15) is 0 Å². The third-order valence-electron chi connectivity index (χ3n) is 3.86. The Morgan fingerprint density at radius 1 is 1.11 bits per heavy atom. The molecule has 1 heterocycles. The van der Waals surface area contributed by atoms with Crippen LogP contribution in [0.1, 0.15) is 19.3 Å². The van der Waals surface area contributed by atoms with E-state index in [1.807, 2.05) is 0 Å². The minimum atomic E-state index is -1.82. The summed E-state index contributed by atoms with van der Waals surface area (Å²) in [5, 5.41) is 23.5. The highest BCUT2D eigenvalue weighted by atomic mass is 16.4. The van der Waals surface area contributed by atoms with E-state index < -0.39 is 18.0 Å². The van der Waals surface area contributed by atoms with Gasteiger partial charge in [0.2, 0.25) is 0 Å². The first-order chi connectivity index (χ1) is 8.82. The first-order valence-corrected chi connectivity index (χ1v) is 5.96. The molecule has 0 aromatic heterocycles. The maximum absolute atomic E-state index is 10.6. The van der Waals surface area contributed by atoms with E-state index in [1.165, 1.54) is 11.3 Å². The third-order valence-corrected chi connectivity index (χ3v) is 3.86. The zero-order chi connectivity index (χ0) is 14.6. The zero-order valence-corrected chi connectivity index (χ0v) is 10.4. The molecule has 1 atom stereocenters. The second-order valence-corrected chi connectivity index (χ2v) is 4.88. The molecule has 0 bridgehead atoms. The number of hydrogen-bond acceptors (Lipinski definition) is 4. The van der Waals surface area contributed by atoms with Crippen LogP contribution in [0, 0.1) is 11.3 Å². The van der Waals surface area contributed by atoms with Crippen LogP contribution in [0.5, 0.6) is 0 Å². The number of hydrogen-bond donors (Lipinski definition) is 4. The lowest BCUT2D eigenvalue weighted by molar-refractivity contribution is -0.159. The number of aliphatic carboxylic acids is 2. The maximum atomic E-state index is 10.6. The molecule has 5 N–H and O–H groups in total. The Hall–Kier alpha value is -1.83. The van der Waals surface area contributed by atoms with Crippen molar-refractivity contribution in [2.24, 2.45) is 17.1 Å². The van der Waals surface area contributed by atoms with E-state index in [1.54, 1.807) is 0 Å². The van der Waals surface area contributed by atoms with Gasteiger partial charge in [0.1, 0.15) is 0 Å². The maximum Gasteiger partial charge on any atom is 0.414 e. The largest absolute Gasteiger partial charge is 0.473 e. The molecular weight excluding hydrogens is 256 g/mol. The van der Waals surface area contributed by atoms with Crippen molar-refractivity contribution >= 4 is 18.0 Å². The molecule has 2 aliphatic rings. The van der Waals surface area contributed by atoms with Gasteiger partial charge in [-0.1, -0.05) is 0 Å². The predicted octanol–water partition coefficient (Wildman–Crippen LogP) is -0.119. The number of carboxylic acids is 2. The summed E-state index contributed by atoms with van der Waals surface area (Å²) in [6, 6.07) is 0. The van der Waals surface area contributed by atoms with Crippen molar-refractivity contribution < 1.29 is 29.7 Å². The van der Waals surface area contributed by atoms with Crippen LogP contribution < -0.4 is 5.73 Å². The van der Waals surface area contributed by atoms with Crippen LogP contribution in [0.4, 0.5) is 4.79 Å². The van der Waals surface area contributed by atoms with Gasteiger partial charge in [0.15, 0.2) is 0 Å². The highest BCUT2D eigenvalue weighted by Gasteiger charge is 2.54. The third kappa shape index (κ3) is 3.82. The number of nitrogens with two attached hydrogens (primary N) is 1. The topological polar surface area (TPSA) is 141 Å². The van der Waals surface area contributed by atoms with E-state index in [2.05, 4.69) is 0 Å². The number of nitrogens with zero attached hydrogens (tertiary/aromatic N) is 1. The molecule has 1 amide bonds. The fourth-order valence-electron chi connectivity index (χ4n) is 2.52. The number of carboxylic acid groups (broad SMARTS) is 3. The van der Waals surface area contributed by atoms with Crippen LogP contribution in [0.25, 0.3) is 0 Å². The summed E-state index contributed by atoms with van der Waals surface area (Å²) >= 11 is 0. The van der Waals surface area contributed by atoms with Crippen LogP contribution in [0.3, 0.4) is 0 Å². The monoisotopic (exact) mass is 274 g/mol. The molecule has 2 rings (SSSR count). The Kier molecular flexibility index (Phi) is 4.71. The Labute approximate surface area is 109 Å². The fraction of sp³-hybridized carbons (Fsp3) is 0.727. The molecule has 19 heavy (non-hydrogen) atoms. The van der Waals surface area contributed by atoms with Gasteiger partial charge in [0, 0.05) is 13.1 Å². The van der Waals surface area contributed by atoms with Gasteiger partial charge in [0.25, 0.3) is 0 Å². The normalized spacial score (nSPS) is 23.2. The molecule has 8 nitrogen and oxygen atoms in total. The number of likely N-dealkylation sites (tertiary alicyclic amines) is 1. The van der Waals surface area contributed by atoms with Crippen LogP contribution in [0.2, 0.25) is 0 Å². The van der Waals surface area contributed by atoms with Crippen LogP contribution in [-0.2, 0) is 9.59 Å². The van der Waals surface area contributed by atoms with Gasteiger partial charge in [-0.15, -0.1) is 0 Å². The highest BCUT2D eigenvalue weighted by Crippen LogP contribution is 2.58. The van der Waals surface area contributed by atoms with E-state index in [4.69, 9.17) is 30.6 Å². The van der Waals surface area contributed by atoms with Gasteiger partial charge >= 0.3 is 18.0 Å². The van der Waals surface area contributed by atoms with Gasteiger partial charge in [-0.05, 0) is 37.1 Å². The van der Waals surface area contributed by atoms with E-state index in [9.17, 15) is 4.79 Å². The molecule has 1 spiro atoms. The first-order valence-electron chi connectivity index (χ1n) is 5.96. The van der Waals surface area contributed by atoms with Crippen LogP contribution in [0.15, 0.2) is 0 Å². The molecule has 1 saturated carbocycles. The molecule has 1 unspecified atom stereocenters. The number of carbonyl (C=O) groups is 3. The Morgan fingerprint density at radius 3 is 1.84 bits per heavy atom. The molecular formula is C11H18N2O6. The molecule has 0 radical (unpaired) electrons. The van der Waals surface area contributed by atoms with E-state index in [-0.39, 0.29) is 0 Å². The Morgan fingerprint density at radius 2 is 1.58 bits per heavy atom. The van der Waals surface area contributed by atoms with Gasteiger partial charge in [-0.25, -0.2) is 14.4 Å². The number of rotatable bonds is 1. The standard InChI is InChI=1S/C9H16N2O2.C2H2O4/c10-6-7-5-9(7)1-3-11(4-2-9)8(12)13;3-1(4)2(5)6/h7H,1-6,10H2,(H,12,13);(H,3,4)(H,5,6). The summed E-state index contributed by atoms with van der Waals surface area (Å²) in [5.74, 6) is -2.98.